The van der Waals surface area contributed by atoms with Gasteiger partial charge in [-0.05, 0) is 50.6 Å². The van der Waals surface area contributed by atoms with Crippen LogP contribution in [0.2, 0.25) is 0 Å². The van der Waals surface area contributed by atoms with Crippen molar-refractivity contribution < 1.29 is 19.1 Å². The van der Waals surface area contributed by atoms with E-state index in [1.807, 2.05) is 45.0 Å². The molecule has 148 valence electrons. The average Bonchev–Trinajstić information content (AvgIpc) is 3.09. The first kappa shape index (κ1) is 19.7. The molecule has 0 spiro atoms. The molecule has 6 nitrogen and oxygen atoms in total. The molecule has 1 atom stereocenters. The van der Waals surface area contributed by atoms with Gasteiger partial charge < -0.3 is 14.8 Å². The van der Waals surface area contributed by atoms with E-state index in [2.05, 4.69) is 5.32 Å². The van der Waals surface area contributed by atoms with Crippen molar-refractivity contribution in [2.24, 2.45) is 0 Å². The first-order valence-electron chi connectivity index (χ1n) is 9.69. The van der Waals surface area contributed by atoms with Crippen LogP contribution in [-0.4, -0.2) is 37.6 Å². The van der Waals surface area contributed by atoms with Gasteiger partial charge in [-0.2, -0.15) is 0 Å². The Hall–Kier alpha value is -3.02. The highest BCUT2D eigenvalue weighted by Gasteiger charge is 2.38. The molecule has 3 rings (SSSR count). The summed E-state index contributed by atoms with van der Waals surface area (Å²) >= 11 is 0. The van der Waals surface area contributed by atoms with E-state index in [-0.39, 0.29) is 11.8 Å². The summed E-state index contributed by atoms with van der Waals surface area (Å²) in [6.45, 7) is 7.13. The molecule has 2 aromatic rings. The van der Waals surface area contributed by atoms with Gasteiger partial charge in [0.25, 0.3) is 5.91 Å². The number of carbonyl (C=O) groups excluding carboxylic acids is 2. The monoisotopic (exact) mass is 382 g/mol. The Bertz CT molecular complexity index is 865. The topological polar surface area (TPSA) is 67.9 Å². The van der Waals surface area contributed by atoms with E-state index >= 15 is 0 Å². The summed E-state index contributed by atoms with van der Waals surface area (Å²) in [6.07, 6.45) is 0.503. The zero-order valence-corrected chi connectivity index (χ0v) is 16.5. The predicted molar refractivity (Wildman–Crippen MR) is 108 cm³/mol. The van der Waals surface area contributed by atoms with Crippen LogP contribution in [0.1, 0.15) is 36.7 Å². The largest absolute Gasteiger partial charge is 0.490 e. The SMILES string of the molecule is CCNC(=O)[C@H]1Cc2ccccc2N1C(=O)c1ccc(OCC)c(OCC)c1. The summed E-state index contributed by atoms with van der Waals surface area (Å²) in [5.41, 5.74) is 2.22. The van der Waals surface area contributed by atoms with Gasteiger partial charge in [0.05, 0.1) is 13.2 Å². The maximum atomic E-state index is 13.4. The summed E-state index contributed by atoms with van der Waals surface area (Å²) in [5.74, 6) is 0.744. The number of carbonyl (C=O) groups is 2. The molecule has 0 saturated carbocycles. The zero-order chi connectivity index (χ0) is 20.1. The second-order valence-corrected chi connectivity index (χ2v) is 6.45. The molecule has 0 bridgehead atoms. The second kappa shape index (κ2) is 8.78. The molecular formula is C22H26N2O4. The van der Waals surface area contributed by atoms with Crippen LogP contribution in [0.5, 0.6) is 11.5 Å². The van der Waals surface area contributed by atoms with Crippen LogP contribution >= 0.6 is 0 Å². The van der Waals surface area contributed by atoms with E-state index in [9.17, 15) is 9.59 Å². The van der Waals surface area contributed by atoms with Crippen molar-refractivity contribution in [1.29, 1.82) is 0 Å². The van der Waals surface area contributed by atoms with Gasteiger partial charge in [-0.3, -0.25) is 14.5 Å². The molecule has 0 unspecified atom stereocenters. The van der Waals surface area contributed by atoms with Gasteiger partial charge in [-0.1, -0.05) is 18.2 Å². The third-order valence-electron chi connectivity index (χ3n) is 4.64. The smallest absolute Gasteiger partial charge is 0.259 e. The molecule has 1 aliphatic heterocycles. The van der Waals surface area contributed by atoms with Crippen LogP contribution in [0, 0.1) is 0 Å². The summed E-state index contributed by atoms with van der Waals surface area (Å²) in [4.78, 5) is 27.6. The number of hydrogen-bond acceptors (Lipinski definition) is 4. The Morgan fingerprint density at radius 3 is 2.46 bits per heavy atom. The van der Waals surface area contributed by atoms with Crippen molar-refractivity contribution in [1.82, 2.24) is 5.32 Å². The summed E-state index contributed by atoms with van der Waals surface area (Å²) < 4.78 is 11.2. The zero-order valence-electron chi connectivity index (χ0n) is 16.5. The molecule has 0 fully saturated rings. The van der Waals surface area contributed by atoms with E-state index in [1.54, 1.807) is 23.1 Å². The lowest BCUT2D eigenvalue weighted by Crippen LogP contribution is -2.48. The molecule has 2 aromatic carbocycles. The lowest BCUT2D eigenvalue weighted by molar-refractivity contribution is -0.122. The van der Waals surface area contributed by atoms with Crippen molar-refractivity contribution >= 4 is 17.5 Å². The summed E-state index contributed by atoms with van der Waals surface area (Å²) in [5, 5.41) is 2.84. The fraction of sp³-hybridized carbons (Fsp3) is 0.364. The van der Waals surface area contributed by atoms with Crippen LogP contribution in [-0.2, 0) is 11.2 Å². The second-order valence-electron chi connectivity index (χ2n) is 6.45. The lowest BCUT2D eigenvalue weighted by atomic mass is 10.1. The number of hydrogen-bond donors (Lipinski definition) is 1. The Labute approximate surface area is 165 Å². The Kier molecular flexibility index (Phi) is 6.19. The van der Waals surface area contributed by atoms with E-state index < -0.39 is 6.04 Å². The van der Waals surface area contributed by atoms with Crippen molar-refractivity contribution in [3.8, 4) is 11.5 Å². The molecule has 0 aromatic heterocycles. The number of amides is 2. The number of nitrogens with zero attached hydrogens (tertiary/aromatic N) is 1. The van der Waals surface area contributed by atoms with E-state index in [0.29, 0.717) is 43.2 Å². The summed E-state index contributed by atoms with van der Waals surface area (Å²) in [7, 11) is 0. The van der Waals surface area contributed by atoms with Gasteiger partial charge in [0, 0.05) is 24.2 Å². The number of anilines is 1. The number of benzene rings is 2. The minimum absolute atomic E-state index is 0.150. The van der Waals surface area contributed by atoms with E-state index in [4.69, 9.17) is 9.47 Å². The number of likely N-dealkylation sites (N-methyl/N-ethyl adjacent to an activating group) is 1. The van der Waals surface area contributed by atoms with Gasteiger partial charge in [0.1, 0.15) is 6.04 Å². The molecular weight excluding hydrogens is 356 g/mol. The van der Waals surface area contributed by atoms with Crippen LogP contribution in [0.15, 0.2) is 42.5 Å². The molecule has 28 heavy (non-hydrogen) atoms. The minimum atomic E-state index is -0.563. The van der Waals surface area contributed by atoms with Crippen molar-refractivity contribution in [2.75, 3.05) is 24.7 Å². The number of rotatable bonds is 7. The molecule has 0 radical (unpaired) electrons. The molecule has 1 heterocycles. The average molecular weight is 382 g/mol. The standard InChI is InChI=1S/C22H26N2O4/c1-4-23-21(25)18-13-15-9-7-8-10-17(15)24(18)22(26)16-11-12-19(27-5-2)20(14-16)28-6-3/h7-12,14,18H,4-6,13H2,1-3H3,(H,23,25)/t18-/m1/s1. The normalized spacial score (nSPS) is 15.1. The number of para-hydroxylation sites is 1. The third kappa shape index (κ3) is 3.81. The highest BCUT2D eigenvalue weighted by Crippen LogP contribution is 2.35. The molecule has 1 aliphatic rings. The minimum Gasteiger partial charge on any atom is -0.490 e. The predicted octanol–water partition coefficient (Wildman–Crippen LogP) is 3.19. The van der Waals surface area contributed by atoms with Gasteiger partial charge in [-0.15, -0.1) is 0 Å². The fourth-order valence-electron chi connectivity index (χ4n) is 3.46. The van der Waals surface area contributed by atoms with Crippen LogP contribution in [0.3, 0.4) is 0 Å². The van der Waals surface area contributed by atoms with Gasteiger partial charge in [0.15, 0.2) is 11.5 Å². The number of nitrogens with one attached hydrogen (secondary N) is 1. The van der Waals surface area contributed by atoms with Crippen molar-refractivity contribution in [3.05, 3.63) is 53.6 Å². The van der Waals surface area contributed by atoms with Crippen LogP contribution in [0.25, 0.3) is 0 Å². The number of ether oxygens (including phenoxy) is 2. The van der Waals surface area contributed by atoms with Crippen molar-refractivity contribution in [2.45, 2.75) is 33.2 Å². The van der Waals surface area contributed by atoms with Crippen LogP contribution < -0.4 is 19.7 Å². The Balaban J connectivity index is 1.98. The highest BCUT2D eigenvalue weighted by molar-refractivity contribution is 6.11. The van der Waals surface area contributed by atoms with E-state index in [0.717, 1.165) is 11.3 Å². The summed E-state index contributed by atoms with van der Waals surface area (Å²) in [6, 6.07) is 12.2. The van der Waals surface area contributed by atoms with Gasteiger partial charge in [0.2, 0.25) is 5.91 Å². The van der Waals surface area contributed by atoms with Gasteiger partial charge in [-0.25, -0.2) is 0 Å². The molecule has 6 heteroatoms. The van der Waals surface area contributed by atoms with E-state index in [1.165, 1.54) is 0 Å². The molecule has 2 amide bonds. The van der Waals surface area contributed by atoms with Crippen molar-refractivity contribution in [3.63, 3.8) is 0 Å². The van der Waals surface area contributed by atoms with Crippen LogP contribution in [0.4, 0.5) is 5.69 Å². The lowest BCUT2D eigenvalue weighted by Gasteiger charge is -2.25. The van der Waals surface area contributed by atoms with Gasteiger partial charge >= 0.3 is 0 Å². The first-order chi connectivity index (χ1) is 13.6. The molecule has 1 N–H and O–H groups in total. The Morgan fingerprint density at radius 1 is 1.04 bits per heavy atom. The fourth-order valence-corrected chi connectivity index (χ4v) is 3.46. The maximum absolute atomic E-state index is 13.4. The maximum Gasteiger partial charge on any atom is 0.259 e. The third-order valence-corrected chi connectivity index (χ3v) is 4.64. The molecule has 0 saturated heterocycles. The highest BCUT2D eigenvalue weighted by atomic mass is 16.5. The number of fused-ring (bicyclic) bond motifs is 1. The Morgan fingerprint density at radius 2 is 1.75 bits per heavy atom. The quantitative estimate of drug-likeness (QED) is 0.799. The molecule has 0 aliphatic carbocycles. The first-order valence-corrected chi connectivity index (χ1v) is 9.69.